The molecule has 1 heterocycles. The number of thioether (sulfide) groups is 1. The Kier molecular flexibility index (Phi) is 4.42. The standard InChI is InChI=1S/C13H16N2O3S/c1-10(16)12-9-11(15(17)18)3-4-13(12)14-5-2-7-19-8-6-14/h3-4,9H,2,5-8H2,1H3. The van der Waals surface area contributed by atoms with Crippen molar-refractivity contribution in [3.8, 4) is 0 Å². The number of nitro benzene ring substituents is 1. The number of Topliss-reactive ketones (excluding diaryl/α,β-unsaturated/α-hetero) is 1. The van der Waals surface area contributed by atoms with Crippen molar-refractivity contribution >= 4 is 28.9 Å². The summed E-state index contributed by atoms with van der Waals surface area (Å²) in [7, 11) is 0. The summed E-state index contributed by atoms with van der Waals surface area (Å²) in [5.74, 6) is 2.02. The van der Waals surface area contributed by atoms with E-state index in [-0.39, 0.29) is 11.5 Å². The summed E-state index contributed by atoms with van der Waals surface area (Å²) >= 11 is 1.90. The summed E-state index contributed by atoms with van der Waals surface area (Å²) in [6.07, 6.45) is 1.07. The van der Waals surface area contributed by atoms with Gasteiger partial charge in [-0.15, -0.1) is 0 Å². The Hall–Kier alpha value is -1.56. The molecule has 0 amide bonds. The van der Waals surface area contributed by atoms with Crippen LogP contribution in [0.4, 0.5) is 11.4 Å². The second-order valence-electron chi connectivity index (χ2n) is 4.47. The Bertz CT molecular complexity index is 497. The van der Waals surface area contributed by atoms with Gasteiger partial charge in [0.2, 0.25) is 0 Å². The van der Waals surface area contributed by atoms with Crippen LogP contribution in [0.15, 0.2) is 18.2 Å². The molecule has 0 atom stereocenters. The lowest BCUT2D eigenvalue weighted by Gasteiger charge is -2.24. The summed E-state index contributed by atoms with van der Waals surface area (Å²) in [5, 5.41) is 10.8. The van der Waals surface area contributed by atoms with Crippen LogP contribution in [-0.2, 0) is 0 Å². The fourth-order valence-corrected chi connectivity index (χ4v) is 3.07. The third kappa shape index (κ3) is 3.26. The largest absolute Gasteiger partial charge is 0.370 e. The van der Waals surface area contributed by atoms with E-state index < -0.39 is 4.92 Å². The number of carbonyl (C=O) groups is 1. The van der Waals surface area contributed by atoms with E-state index in [1.165, 1.54) is 19.1 Å². The molecule has 102 valence electrons. The summed E-state index contributed by atoms with van der Waals surface area (Å²) < 4.78 is 0. The molecule has 0 saturated carbocycles. The quantitative estimate of drug-likeness (QED) is 0.484. The van der Waals surface area contributed by atoms with Gasteiger partial charge in [-0.2, -0.15) is 11.8 Å². The van der Waals surface area contributed by atoms with Crippen molar-refractivity contribution < 1.29 is 9.72 Å². The van der Waals surface area contributed by atoms with Crippen molar-refractivity contribution in [2.75, 3.05) is 29.5 Å². The minimum absolute atomic E-state index is 0.0295. The number of hydrogen-bond donors (Lipinski definition) is 0. The highest BCUT2D eigenvalue weighted by molar-refractivity contribution is 7.99. The molecule has 6 heteroatoms. The van der Waals surface area contributed by atoms with Crippen molar-refractivity contribution in [3.63, 3.8) is 0 Å². The molecule has 0 aromatic heterocycles. The van der Waals surface area contributed by atoms with Gasteiger partial charge in [0.25, 0.3) is 5.69 Å². The van der Waals surface area contributed by atoms with Crippen molar-refractivity contribution in [2.45, 2.75) is 13.3 Å². The second-order valence-corrected chi connectivity index (χ2v) is 5.69. The lowest BCUT2D eigenvalue weighted by atomic mass is 10.1. The zero-order valence-electron chi connectivity index (χ0n) is 10.8. The molecule has 0 unspecified atom stereocenters. The first-order valence-corrected chi connectivity index (χ1v) is 7.37. The summed E-state index contributed by atoms with van der Waals surface area (Å²) in [5.41, 5.74) is 1.24. The van der Waals surface area contributed by atoms with E-state index >= 15 is 0 Å². The van der Waals surface area contributed by atoms with E-state index in [0.29, 0.717) is 5.56 Å². The van der Waals surface area contributed by atoms with Crippen LogP contribution in [0.3, 0.4) is 0 Å². The molecule has 0 spiro atoms. The number of benzene rings is 1. The van der Waals surface area contributed by atoms with Gasteiger partial charge in [-0.25, -0.2) is 0 Å². The first-order valence-electron chi connectivity index (χ1n) is 6.21. The lowest BCUT2D eigenvalue weighted by molar-refractivity contribution is -0.384. The van der Waals surface area contributed by atoms with E-state index in [9.17, 15) is 14.9 Å². The van der Waals surface area contributed by atoms with Crippen molar-refractivity contribution in [1.29, 1.82) is 0 Å². The Morgan fingerprint density at radius 3 is 2.84 bits per heavy atom. The van der Waals surface area contributed by atoms with Gasteiger partial charge in [-0.3, -0.25) is 14.9 Å². The SMILES string of the molecule is CC(=O)c1cc([N+](=O)[O-])ccc1N1CCCSCC1. The number of rotatable bonds is 3. The number of hydrogen-bond acceptors (Lipinski definition) is 5. The Morgan fingerprint density at radius 2 is 2.16 bits per heavy atom. The zero-order chi connectivity index (χ0) is 13.8. The Morgan fingerprint density at radius 1 is 1.37 bits per heavy atom. The summed E-state index contributed by atoms with van der Waals surface area (Å²) in [6, 6.07) is 4.56. The topological polar surface area (TPSA) is 63.4 Å². The molecule has 0 aliphatic carbocycles. The maximum absolute atomic E-state index is 11.7. The van der Waals surface area contributed by atoms with Crippen LogP contribution < -0.4 is 4.90 Å². The molecule has 1 saturated heterocycles. The van der Waals surface area contributed by atoms with Crippen LogP contribution >= 0.6 is 11.8 Å². The second kappa shape index (κ2) is 6.06. The molecule has 0 radical (unpaired) electrons. The third-order valence-corrected chi connectivity index (χ3v) is 4.18. The van der Waals surface area contributed by atoms with Crippen molar-refractivity contribution in [2.24, 2.45) is 0 Å². The number of nitro groups is 1. The zero-order valence-corrected chi connectivity index (χ0v) is 11.6. The minimum Gasteiger partial charge on any atom is -0.370 e. The van der Waals surface area contributed by atoms with Gasteiger partial charge in [-0.1, -0.05) is 0 Å². The van der Waals surface area contributed by atoms with Crippen molar-refractivity contribution in [3.05, 3.63) is 33.9 Å². The van der Waals surface area contributed by atoms with Gasteiger partial charge in [0, 0.05) is 42.2 Å². The maximum atomic E-state index is 11.7. The molecular formula is C13H16N2O3S. The van der Waals surface area contributed by atoms with Crippen LogP contribution in [0.2, 0.25) is 0 Å². The number of nitrogens with zero attached hydrogens (tertiary/aromatic N) is 2. The fourth-order valence-electron chi connectivity index (χ4n) is 2.18. The molecule has 0 bridgehead atoms. The van der Waals surface area contributed by atoms with E-state index in [1.807, 2.05) is 11.8 Å². The molecule has 5 nitrogen and oxygen atoms in total. The molecule has 1 fully saturated rings. The van der Waals surface area contributed by atoms with Crippen molar-refractivity contribution in [1.82, 2.24) is 0 Å². The van der Waals surface area contributed by atoms with Gasteiger partial charge in [0.1, 0.15) is 0 Å². The summed E-state index contributed by atoms with van der Waals surface area (Å²) in [4.78, 5) is 24.2. The van der Waals surface area contributed by atoms with Gasteiger partial charge < -0.3 is 4.90 Å². The van der Waals surface area contributed by atoms with Crippen LogP contribution in [0.1, 0.15) is 23.7 Å². The molecule has 1 aliphatic rings. The van der Waals surface area contributed by atoms with Gasteiger partial charge in [0.05, 0.1) is 4.92 Å². The number of carbonyl (C=O) groups excluding carboxylic acids is 1. The maximum Gasteiger partial charge on any atom is 0.270 e. The number of non-ortho nitro benzene ring substituents is 1. The highest BCUT2D eigenvalue weighted by atomic mass is 32.2. The molecule has 1 aromatic carbocycles. The third-order valence-electron chi connectivity index (χ3n) is 3.13. The molecule has 1 aliphatic heterocycles. The van der Waals surface area contributed by atoms with E-state index in [2.05, 4.69) is 4.90 Å². The molecule has 19 heavy (non-hydrogen) atoms. The minimum atomic E-state index is -0.464. The van der Waals surface area contributed by atoms with Crippen LogP contribution in [0.25, 0.3) is 0 Å². The Labute approximate surface area is 116 Å². The van der Waals surface area contributed by atoms with Gasteiger partial charge in [0.15, 0.2) is 5.78 Å². The van der Waals surface area contributed by atoms with Crippen LogP contribution in [0, 0.1) is 10.1 Å². The average Bonchev–Trinajstić information content (AvgIpc) is 2.66. The number of anilines is 1. The highest BCUT2D eigenvalue weighted by Gasteiger charge is 2.19. The van der Waals surface area contributed by atoms with Crippen LogP contribution in [-0.4, -0.2) is 35.3 Å². The van der Waals surface area contributed by atoms with Crippen LogP contribution in [0.5, 0.6) is 0 Å². The van der Waals surface area contributed by atoms with E-state index in [4.69, 9.17) is 0 Å². The predicted molar refractivity (Wildman–Crippen MR) is 77.3 cm³/mol. The molecule has 2 rings (SSSR count). The molecular weight excluding hydrogens is 264 g/mol. The molecule has 0 N–H and O–H groups in total. The normalized spacial score (nSPS) is 15.9. The predicted octanol–water partition coefficient (Wildman–Crippen LogP) is 2.74. The van der Waals surface area contributed by atoms with E-state index in [1.54, 1.807) is 6.07 Å². The first kappa shape index (κ1) is 13.9. The fraction of sp³-hybridized carbons (Fsp3) is 0.462. The monoisotopic (exact) mass is 280 g/mol. The first-order chi connectivity index (χ1) is 9.09. The van der Waals surface area contributed by atoms with E-state index in [0.717, 1.165) is 36.7 Å². The summed E-state index contributed by atoms with van der Waals surface area (Å²) in [6.45, 7) is 3.23. The average molecular weight is 280 g/mol. The van der Waals surface area contributed by atoms with Gasteiger partial charge >= 0.3 is 0 Å². The Balaban J connectivity index is 2.37. The lowest BCUT2D eigenvalue weighted by Crippen LogP contribution is -2.27. The molecule has 1 aromatic rings. The smallest absolute Gasteiger partial charge is 0.270 e. The van der Waals surface area contributed by atoms with Gasteiger partial charge in [-0.05, 0) is 25.2 Å². The number of ketones is 1. The highest BCUT2D eigenvalue weighted by Crippen LogP contribution is 2.27.